The molecular formula is C18H21BrClN3O2S. The number of thiophene rings is 1. The van der Waals surface area contributed by atoms with Crippen molar-refractivity contribution in [1.82, 2.24) is 14.8 Å². The van der Waals surface area contributed by atoms with Crippen LogP contribution >= 0.6 is 38.9 Å². The molecule has 0 aliphatic carbocycles. The SMILES string of the molecule is CC(C)Oc1ncc(C(=O)N2CCN(Cc3ccc(Br)s3)CC2)cc1Cl. The van der Waals surface area contributed by atoms with Crippen molar-refractivity contribution in [2.24, 2.45) is 0 Å². The second-order valence-corrected chi connectivity index (χ2v) is 9.41. The highest BCUT2D eigenvalue weighted by molar-refractivity contribution is 9.11. The minimum absolute atomic E-state index is 0.0152. The largest absolute Gasteiger partial charge is 0.474 e. The lowest BCUT2D eigenvalue weighted by atomic mass is 10.2. The third-order valence-electron chi connectivity index (χ3n) is 4.07. The Morgan fingerprint density at radius 3 is 2.65 bits per heavy atom. The van der Waals surface area contributed by atoms with Crippen LogP contribution in [0.5, 0.6) is 5.88 Å². The molecule has 3 heterocycles. The van der Waals surface area contributed by atoms with Crippen molar-refractivity contribution in [2.45, 2.75) is 26.5 Å². The number of nitrogens with zero attached hydrogens (tertiary/aromatic N) is 3. The van der Waals surface area contributed by atoms with Gasteiger partial charge in [-0.1, -0.05) is 11.6 Å². The second kappa shape index (κ2) is 8.69. The molecule has 140 valence electrons. The topological polar surface area (TPSA) is 45.7 Å². The molecule has 0 saturated carbocycles. The minimum atomic E-state index is -0.0333. The Hall–Kier alpha value is -1.15. The number of carbonyl (C=O) groups is 1. The van der Waals surface area contributed by atoms with Crippen LogP contribution in [0.15, 0.2) is 28.2 Å². The van der Waals surface area contributed by atoms with Crippen LogP contribution in [0, 0.1) is 0 Å². The molecule has 0 bridgehead atoms. The molecule has 0 atom stereocenters. The zero-order valence-corrected chi connectivity index (χ0v) is 17.9. The number of halogens is 2. The number of amides is 1. The smallest absolute Gasteiger partial charge is 0.255 e. The van der Waals surface area contributed by atoms with Gasteiger partial charge in [-0.2, -0.15) is 0 Å². The summed E-state index contributed by atoms with van der Waals surface area (Å²) in [5.74, 6) is 0.333. The lowest BCUT2D eigenvalue weighted by Gasteiger charge is -2.34. The Kier molecular flexibility index (Phi) is 6.55. The van der Waals surface area contributed by atoms with E-state index >= 15 is 0 Å². The first kappa shape index (κ1) is 19.6. The third-order valence-corrected chi connectivity index (χ3v) is 5.95. The van der Waals surface area contributed by atoms with Crippen molar-refractivity contribution < 1.29 is 9.53 Å². The number of piperazine rings is 1. The van der Waals surface area contributed by atoms with Gasteiger partial charge in [0.2, 0.25) is 5.88 Å². The number of aromatic nitrogens is 1. The summed E-state index contributed by atoms with van der Waals surface area (Å²) in [5, 5.41) is 0.367. The molecule has 0 spiro atoms. The van der Waals surface area contributed by atoms with Crippen molar-refractivity contribution in [3.63, 3.8) is 0 Å². The highest BCUT2D eigenvalue weighted by Crippen LogP contribution is 2.25. The molecule has 2 aromatic rings. The Morgan fingerprint density at radius 1 is 1.35 bits per heavy atom. The average molecular weight is 459 g/mol. The zero-order chi connectivity index (χ0) is 18.7. The Morgan fingerprint density at radius 2 is 2.08 bits per heavy atom. The van der Waals surface area contributed by atoms with E-state index in [4.69, 9.17) is 16.3 Å². The van der Waals surface area contributed by atoms with Crippen LogP contribution in [0.4, 0.5) is 0 Å². The molecule has 0 aromatic carbocycles. The van der Waals surface area contributed by atoms with Gasteiger partial charge in [-0.05, 0) is 48.0 Å². The van der Waals surface area contributed by atoms with Gasteiger partial charge in [0.15, 0.2) is 0 Å². The van der Waals surface area contributed by atoms with E-state index in [2.05, 4.69) is 37.9 Å². The van der Waals surface area contributed by atoms with E-state index in [9.17, 15) is 4.79 Å². The van der Waals surface area contributed by atoms with Gasteiger partial charge >= 0.3 is 0 Å². The van der Waals surface area contributed by atoms with Crippen LogP contribution < -0.4 is 4.74 Å². The second-order valence-electron chi connectivity index (χ2n) is 6.45. The highest BCUT2D eigenvalue weighted by Gasteiger charge is 2.23. The summed E-state index contributed by atoms with van der Waals surface area (Å²) in [6.07, 6.45) is 1.53. The van der Waals surface area contributed by atoms with Gasteiger partial charge in [0, 0.05) is 43.8 Å². The zero-order valence-electron chi connectivity index (χ0n) is 14.7. The maximum atomic E-state index is 12.7. The molecule has 5 nitrogen and oxygen atoms in total. The molecule has 0 unspecified atom stereocenters. The molecule has 1 aliphatic heterocycles. The molecule has 0 radical (unpaired) electrons. The molecular weight excluding hydrogens is 438 g/mol. The fraction of sp³-hybridized carbons (Fsp3) is 0.444. The highest BCUT2D eigenvalue weighted by atomic mass is 79.9. The molecule has 2 aromatic heterocycles. The summed E-state index contributed by atoms with van der Waals surface area (Å²) in [5.41, 5.74) is 0.502. The van der Waals surface area contributed by atoms with E-state index in [1.54, 1.807) is 23.6 Å². The predicted octanol–water partition coefficient (Wildman–Crippen LogP) is 4.30. The lowest BCUT2D eigenvalue weighted by molar-refractivity contribution is 0.0629. The summed E-state index contributed by atoms with van der Waals surface area (Å²) in [6.45, 7) is 7.86. The first-order chi connectivity index (χ1) is 12.4. The van der Waals surface area contributed by atoms with Crippen LogP contribution in [0.1, 0.15) is 29.1 Å². The van der Waals surface area contributed by atoms with E-state index in [-0.39, 0.29) is 12.0 Å². The van der Waals surface area contributed by atoms with Gasteiger partial charge in [-0.15, -0.1) is 11.3 Å². The Labute approximate surface area is 171 Å². The standard InChI is InChI=1S/C18H21BrClN3O2S/c1-12(2)25-17-15(20)9-13(10-21-17)18(24)23-7-5-22(6-8-23)11-14-3-4-16(19)26-14/h3-4,9-10,12H,5-8,11H2,1-2H3. The summed E-state index contributed by atoms with van der Waals surface area (Å²) in [7, 11) is 0. The summed E-state index contributed by atoms with van der Waals surface area (Å²) in [4.78, 5) is 22.5. The summed E-state index contributed by atoms with van der Waals surface area (Å²) >= 11 is 11.5. The van der Waals surface area contributed by atoms with Gasteiger partial charge in [-0.25, -0.2) is 4.98 Å². The van der Waals surface area contributed by atoms with E-state index in [0.29, 0.717) is 29.6 Å². The van der Waals surface area contributed by atoms with E-state index in [1.807, 2.05) is 18.7 Å². The van der Waals surface area contributed by atoms with Crippen molar-refractivity contribution >= 4 is 44.8 Å². The minimum Gasteiger partial charge on any atom is -0.474 e. The third kappa shape index (κ3) is 4.97. The maximum absolute atomic E-state index is 12.7. The number of rotatable bonds is 5. The number of ether oxygens (including phenoxy) is 1. The van der Waals surface area contributed by atoms with Crippen LogP contribution in [-0.4, -0.2) is 53.0 Å². The van der Waals surface area contributed by atoms with Crippen molar-refractivity contribution in [3.05, 3.63) is 43.6 Å². The molecule has 1 saturated heterocycles. The van der Waals surface area contributed by atoms with Crippen LogP contribution in [0.25, 0.3) is 0 Å². The quantitative estimate of drug-likeness (QED) is 0.670. The molecule has 1 amide bonds. The van der Waals surface area contributed by atoms with Crippen LogP contribution in [0.3, 0.4) is 0 Å². The maximum Gasteiger partial charge on any atom is 0.255 e. The molecule has 26 heavy (non-hydrogen) atoms. The molecule has 0 N–H and O–H groups in total. The molecule has 3 rings (SSSR count). The number of hydrogen-bond acceptors (Lipinski definition) is 5. The molecule has 1 aliphatic rings. The van der Waals surface area contributed by atoms with Gasteiger partial charge in [-0.3, -0.25) is 9.69 Å². The van der Waals surface area contributed by atoms with Crippen LogP contribution in [0.2, 0.25) is 5.02 Å². The van der Waals surface area contributed by atoms with E-state index < -0.39 is 0 Å². The monoisotopic (exact) mass is 457 g/mol. The van der Waals surface area contributed by atoms with E-state index in [0.717, 1.165) is 23.4 Å². The summed E-state index contributed by atoms with van der Waals surface area (Å²) in [6, 6.07) is 5.86. The normalized spacial score (nSPS) is 15.5. The van der Waals surface area contributed by atoms with Crippen molar-refractivity contribution in [3.8, 4) is 5.88 Å². The Bertz CT molecular complexity index is 776. The predicted molar refractivity (Wildman–Crippen MR) is 108 cm³/mol. The van der Waals surface area contributed by atoms with Gasteiger partial charge in [0.1, 0.15) is 5.02 Å². The molecule has 1 fully saturated rings. The van der Waals surface area contributed by atoms with Gasteiger partial charge in [0.25, 0.3) is 5.91 Å². The van der Waals surface area contributed by atoms with E-state index in [1.165, 1.54) is 4.88 Å². The molecule has 8 heteroatoms. The number of carbonyl (C=O) groups excluding carboxylic acids is 1. The Balaban J connectivity index is 1.57. The van der Waals surface area contributed by atoms with Crippen molar-refractivity contribution in [2.75, 3.05) is 26.2 Å². The number of pyridine rings is 1. The lowest BCUT2D eigenvalue weighted by Crippen LogP contribution is -2.48. The fourth-order valence-corrected chi connectivity index (χ4v) is 4.54. The van der Waals surface area contributed by atoms with Crippen LogP contribution in [-0.2, 0) is 6.54 Å². The van der Waals surface area contributed by atoms with Crippen molar-refractivity contribution in [1.29, 1.82) is 0 Å². The van der Waals surface area contributed by atoms with Gasteiger partial charge in [0.05, 0.1) is 15.5 Å². The first-order valence-corrected chi connectivity index (χ1v) is 10.5. The summed E-state index contributed by atoms with van der Waals surface area (Å²) < 4.78 is 6.67. The average Bonchev–Trinajstić information content (AvgIpc) is 3.01. The van der Waals surface area contributed by atoms with Gasteiger partial charge < -0.3 is 9.64 Å². The number of hydrogen-bond donors (Lipinski definition) is 0. The fourth-order valence-electron chi connectivity index (χ4n) is 2.80. The first-order valence-electron chi connectivity index (χ1n) is 8.50.